The van der Waals surface area contributed by atoms with E-state index in [4.69, 9.17) is 0 Å². The molecule has 0 radical (unpaired) electrons. The first-order valence-corrected chi connectivity index (χ1v) is 9.00. The molecule has 0 spiro atoms. The highest BCUT2D eigenvalue weighted by atomic mass is 16.2. The molecule has 0 fully saturated rings. The molecule has 0 aliphatic carbocycles. The molecule has 5 heteroatoms. The largest absolute Gasteiger partial charge is 0.351 e. The lowest BCUT2D eigenvalue weighted by Crippen LogP contribution is -2.33. The van der Waals surface area contributed by atoms with Crippen molar-refractivity contribution in [1.29, 1.82) is 0 Å². The summed E-state index contributed by atoms with van der Waals surface area (Å²) < 4.78 is 0. The molecule has 140 valence electrons. The van der Waals surface area contributed by atoms with Gasteiger partial charge in [0, 0.05) is 16.6 Å². The molecule has 27 heavy (non-hydrogen) atoms. The molecule has 0 bridgehead atoms. The number of hydrogen-bond donors (Lipinski definition) is 3. The van der Waals surface area contributed by atoms with Gasteiger partial charge in [-0.05, 0) is 69.0 Å². The van der Waals surface area contributed by atoms with Gasteiger partial charge in [-0.15, -0.1) is 0 Å². The molecule has 3 aromatic rings. The maximum absolute atomic E-state index is 12.4. The van der Waals surface area contributed by atoms with E-state index < -0.39 is 0 Å². The summed E-state index contributed by atoms with van der Waals surface area (Å²) in [4.78, 5) is 27.8. The smallest absolute Gasteiger partial charge is 0.268 e. The predicted octanol–water partition coefficient (Wildman–Crippen LogP) is 4.08. The molecule has 1 heterocycles. The van der Waals surface area contributed by atoms with Crippen LogP contribution in [0.5, 0.6) is 0 Å². The average molecular weight is 363 g/mol. The summed E-state index contributed by atoms with van der Waals surface area (Å²) >= 11 is 0. The third-order valence-corrected chi connectivity index (χ3v) is 4.68. The van der Waals surface area contributed by atoms with Crippen LogP contribution in [0.2, 0.25) is 0 Å². The first kappa shape index (κ1) is 18.7. The van der Waals surface area contributed by atoms with Crippen LogP contribution in [0, 0.1) is 34.6 Å². The molecule has 0 aliphatic rings. The SMILES string of the molecule is Cc1cc(C)c(NC(=O)CNC(=O)c2cc3c(C)cc(C)cc3[nH]2)c(C)c1. The van der Waals surface area contributed by atoms with Crippen molar-refractivity contribution >= 4 is 28.4 Å². The number of aryl methyl sites for hydroxylation is 5. The van der Waals surface area contributed by atoms with E-state index in [1.807, 2.05) is 58.9 Å². The molecule has 0 atom stereocenters. The standard InChI is InChI=1S/C22H25N3O2/c1-12-7-15(4)21(16(5)8-12)25-20(26)11-23-22(27)19-10-17-14(3)6-13(2)9-18(17)24-19/h6-10,24H,11H2,1-5H3,(H,23,27)(H,25,26). The fourth-order valence-corrected chi connectivity index (χ4v) is 3.54. The first-order valence-electron chi connectivity index (χ1n) is 9.00. The van der Waals surface area contributed by atoms with Crippen LogP contribution < -0.4 is 10.6 Å². The molecular formula is C22H25N3O2. The van der Waals surface area contributed by atoms with Gasteiger partial charge in [0.05, 0.1) is 6.54 Å². The highest BCUT2D eigenvalue weighted by Crippen LogP contribution is 2.22. The minimum Gasteiger partial charge on any atom is -0.351 e. The molecular weight excluding hydrogens is 338 g/mol. The Balaban J connectivity index is 1.67. The van der Waals surface area contributed by atoms with E-state index in [1.165, 1.54) is 0 Å². The maximum Gasteiger partial charge on any atom is 0.268 e. The van der Waals surface area contributed by atoms with E-state index >= 15 is 0 Å². The number of rotatable bonds is 4. The van der Waals surface area contributed by atoms with Crippen molar-refractivity contribution in [3.05, 3.63) is 63.8 Å². The Bertz CT molecular complexity index is 1020. The van der Waals surface area contributed by atoms with Gasteiger partial charge in [-0.1, -0.05) is 23.8 Å². The lowest BCUT2D eigenvalue weighted by Gasteiger charge is -2.13. The van der Waals surface area contributed by atoms with E-state index in [0.717, 1.165) is 44.4 Å². The Labute approximate surface area is 159 Å². The monoisotopic (exact) mass is 363 g/mol. The number of amides is 2. The second-order valence-corrected chi connectivity index (χ2v) is 7.23. The Hall–Kier alpha value is -3.08. The van der Waals surface area contributed by atoms with Gasteiger partial charge in [0.1, 0.15) is 5.69 Å². The molecule has 2 amide bonds. The molecule has 2 aromatic carbocycles. The first-order chi connectivity index (χ1) is 12.7. The van der Waals surface area contributed by atoms with Crippen molar-refractivity contribution in [3.63, 3.8) is 0 Å². The Morgan fingerprint density at radius 3 is 2.11 bits per heavy atom. The molecule has 0 saturated carbocycles. The second-order valence-electron chi connectivity index (χ2n) is 7.23. The number of carbonyl (C=O) groups excluding carboxylic acids is 2. The van der Waals surface area contributed by atoms with Gasteiger partial charge in [0.2, 0.25) is 5.91 Å². The maximum atomic E-state index is 12.4. The Morgan fingerprint density at radius 1 is 0.852 bits per heavy atom. The minimum atomic E-state index is -0.296. The molecule has 3 rings (SSSR count). The van der Waals surface area contributed by atoms with Crippen molar-refractivity contribution < 1.29 is 9.59 Å². The van der Waals surface area contributed by atoms with E-state index in [9.17, 15) is 9.59 Å². The van der Waals surface area contributed by atoms with Crippen LogP contribution in [-0.2, 0) is 4.79 Å². The summed E-state index contributed by atoms with van der Waals surface area (Å²) in [7, 11) is 0. The van der Waals surface area contributed by atoms with Crippen LogP contribution in [0.4, 0.5) is 5.69 Å². The third kappa shape index (κ3) is 4.03. The fourth-order valence-electron chi connectivity index (χ4n) is 3.54. The molecule has 0 aliphatic heterocycles. The Kier molecular flexibility index (Phi) is 5.04. The number of hydrogen-bond acceptors (Lipinski definition) is 2. The third-order valence-electron chi connectivity index (χ3n) is 4.68. The van der Waals surface area contributed by atoms with Crippen LogP contribution in [0.3, 0.4) is 0 Å². The molecule has 0 unspecified atom stereocenters. The van der Waals surface area contributed by atoms with Gasteiger partial charge >= 0.3 is 0 Å². The van der Waals surface area contributed by atoms with Gasteiger partial charge in [-0.25, -0.2) is 0 Å². The summed E-state index contributed by atoms with van der Waals surface area (Å²) in [5.74, 6) is -0.544. The van der Waals surface area contributed by atoms with Crippen LogP contribution in [0.1, 0.15) is 38.3 Å². The zero-order chi connectivity index (χ0) is 19.7. The highest BCUT2D eigenvalue weighted by molar-refractivity contribution is 6.02. The number of H-pyrrole nitrogens is 1. The quantitative estimate of drug-likeness (QED) is 0.653. The second kappa shape index (κ2) is 7.27. The number of aromatic nitrogens is 1. The lowest BCUT2D eigenvalue weighted by molar-refractivity contribution is -0.115. The van der Waals surface area contributed by atoms with Crippen LogP contribution in [0.15, 0.2) is 30.3 Å². The van der Waals surface area contributed by atoms with Crippen molar-refractivity contribution in [2.24, 2.45) is 0 Å². The zero-order valence-corrected chi connectivity index (χ0v) is 16.4. The summed E-state index contributed by atoms with van der Waals surface area (Å²) in [6.07, 6.45) is 0. The molecule has 0 saturated heterocycles. The van der Waals surface area contributed by atoms with Crippen LogP contribution >= 0.6 is 0 Å². The fraction of sp³-hybridized carbons (Fsp3) is 0.273. The summed E-state index contributed by atoms with van der Waals surface area (Å²) in [5.41, 5.74) is 7.60. The molecule has 3 N–H and O–H groups in total. The van der Waals surface area contributed by atoms with Crippen LogP contribution in [0.25, 0.3) is 10.9 Å². The number of anilines is 1. The van der Waals surface area contributed by atoms with Gasteiger partial charge in [-0.3, -0.25) is 9.59 Å². The summed E-state index contributed by atoms with van der Waals surface area (Å²) in [6, 6.07) is 9.96. The van der Waals surface area contributed by atoms with Gasteiger partial charge in [0.15, 0.2) is 0 Å². The predicted molar refractivity (Wildman–Crippen MR) is 109 cm³/mol. The van der Waals surface area contributed by atoms with E-state index in [1.54, 1.807) is 0 Å². The minimum absolute atomic E-state index is 0.0844. The van der Waals surface area contributed by atoms with Gasteiger partial charge in [-0.2, -0.15) is 0 Å². The van der Waals surface area contributed by atoms with Gasteiger partial charge in [0.25, 0.3) is 5.91 Å². The molecule has 5 nitrogen and oxygen atoms in total. The van der Waals surface area contributed by atoms with Crippen molar-refractivity contribution in [1.82, 2.24) is 10.3 Å². The van der Waals surface area contributed by atoms with Gasteiger partial charge < -0.3 is 15.6 Å². The number of nitrogens with one attached hydrogen (secondary N) is 3. The van der Waals surface area contributed by atoms with Crippen LogP contribution in [-0.4, -0.2) is 23.3 Å². The summed E-state index contributed by atoms with van der Waals surface area (Å²) in [6.45, 7) is 9.90. The van der Waals surface area contributed by atoms with Crippen molar-refractivity contribution in [3.8, 4) is 0 Å². The topological polar surface area (TPSA) is 74.0 Å². The average Bonchev–Trinajstić information content (AvgIpc) is 3.00. The van der Waals surface area contributed by atoms with Crippen molar-refractivity contribution in [2.75, 3.05) is 11.9 Å². The number of aromatic amines is 1. The lowest BCUT2D eigenvalue weighted by atomic mass is 10.1. The number of benzene rings is 2. The van der Waals surface area contributed by atoms with Crippen molar-refractivity contribution in [2.45, 2.75) is 34.6 Å². The van der Waals surface area contributed by atoms with E-state index in [-0.39, 0.29) is 18.4 Å². The van der Waals surface area contributed by atoms with E-state index in [0.29, 0.717) is 5.69 Å². The molecule has 1 aromatic heterocycles. The highest BCUT2D eigenvalue weighted by Gasteiger charge is 2.13. The normalized spacial score (nSPS) is 10.9. The number of carbonyl (C=O) groups is 2. The van der Waals surface area contributed by atoms with E-state index in [2.05, 4.69) is 21.7 Å². The Morgan fingerprint density at radius 2 is 1.44 bits per heavy atom. The summed E-state index contributed by atoms with van der Waals surface area (Å²) in [5, 5.41) is 6.59. The zero-order valence-electron chi connectivity index (χ0n) is 16.4. The number of fused-ring (bicyclic) bond motifs is 1.